The van der Waals surface area contributed by atoms with Gasteiger partial charge in [0.1, 0.15) is 0 Å². The molecule has 0 saturated heterocycles. The lowest BCUT2D eigenvalue weighted by molar-refractivity contribution is 0.408. The van der Waals surface area contributed by atoms with Crippen LogP contribution in [0.5, 0.6) is 0 Å². The highest BCUT2D eigenvalue weighted by Gasteiger charge is 2.03. The van der Waals surface area contributed by atoms with E-state index in [4.69, 9.17) is 10.7 Å². The monoisotopic (exact) mass is 221 g/mol. The van der Waals surface area contributed by atoms with Crippen LogP contribution in [0.1, 0.15) is 6.42 Å². The van der Waals surface area contributed by atoms with Crippen LogP contribution in [0.3, 0.4) is 0 Å². The van der Waals surface area contributed by atoms with Gasteiger partial charge in [0.2, 0.25) is 9.05 Å². The molecule has 0 aliphatic carbocycles. The maximum absolute atomic E-state index is 10.4. The summed E-state index contributed by atoms with van der Waals surface area (Å²) in [7, 11) is 5.48. The Morgan fingerprint density at radius 1 is 1.36 bits per heavy atom. The van der Waals surface area contributed by atoms with Crippen LogP contribution in [0.2, 0.25) is 0 Å². The van der Waals surface area contributed by atoms with Crippen molar-refractivity contribution in [2.75, 3.05) is 26.4 Å². The zero-order valence-electron chi connectivity index (χ0n) is 6.58. The molecule has 0 aromatic heterocycles. The smallest absolute Gasteiger partial charge is 0.232 e. The van der Waals surface area contributed by atoms with Crippen LogP contribution in [0.4, 0.5) is 0 Å². The van der Waals surface area contributed by atoms with E-state index in [2.05, 4.69) is 0 Å². The maximum Gasteiger partial charge on any atom is 0.232 e. The molecule has 0 amide bonds. The van der Waals surface area contributed by atoms with E-state index in [-0.39, 0.29) is 18.2 Å². The first-order valence-electron chi connectivity index (χ1n) is 2.99. The first-order valence-corrected chi connectivity index (χ1v) is 5.47. The topological polar surface area (TPSA) is 37.4 Å². The Morgan fingerprint density at radius 3 is 2.09 bits per heavy atom. The molecule has 0 rings (SSSR count). The molecular weight excluding hydrogens is 209 g/mol. The molecule has 6 heteroatoms. The van der Waals surface area contributed by atoms with Gasteiger partial charge in [-0.2, -0.15) is 0 Å². The minimum atomic E-state index is -3.27. The lowest BCUT2D eigenvalue weighted by Gasteiger charge is -2.06. The molecule has 0 N–H and O–H groups in total. The average molecular weight is 222 g/mol. The summed E-state index contributed by atoms with van der Waals surface area (Å²) >= 11 is 0. The number of hydrogen-bond acceptors (Lipinski definition) is 3. The molecular formula is C5H13Cl2NO2S. The highest BCUT2D eigenvalue weighted by atomic mass is 35.7. The summed E-state index contributed by atoms with van der Waals surface area (Å²) in [5, 5.41) is 0. The Labute approximate surface area is 78.5 Å². The molecule has 0 aliphatic heterocycles. The second-order valence-electron chi connectivity index (χ2n) is 2.40. The van der Waals surface area contributed by atoms with E-state index in [0.717, 1.165) is 6.54 Å². The van der Waals surface area contributed by atoms with Gasteiger partial charge in [-0.15, -0.1) is 12.4 Å². The van der Waals surface area contributed by atoms with Gasteiger partial charge < -0.3 is 4.90 Å². The van der Waals surface area contributed by atoms with Gasteiger partial charge in [-0.25, -0.2) is 8.42 Å². The van der Waals surface area contributed by atoms with Gasteiger partial charge in [-0.1, -0.05) is 0 Å². The zero-order valence-corrected chi connectivity index (χ0v) is 8.97. The van der Waals surface area contributed by atoms with Gasteiger partial charge in [0.05, 0.1) is 5.75 Å². The summed E-state index contributed by atoms with van der Waals surface area (Å²) in [6.45, 7) is 0.756. The molecule has 11 heavy (non-hydrogen) atoms. The summed E-state index contributed by atoms with van der Waals surface area (Å²) in [6.07, 6.45) is 0.596. The molecule has 0 fully saturated rings. The molecule has 3 nitrogen and oxygen atoms in total. The third kappa shape index (κ3) is 13.5. The van der Waals surface area contributed by atoms with Crippen LogP contribution >= 0.6 is 23.1 Å². The van der Waals surface area contributed by atoms with Gasteiger partial charge in [0, 0.05) is 10.7 Å². The van der Waals surface area contributed by atoms with E-state index in [1.54, 1.807) is 0 Å². The molecule has 0 saturated carbocycles. The molecule has 70 valence electrons. The van der Waals surface area contributed by atoms with Gasteiger partial charge in [-0.3, -0.25) is 0 Å². The van der Waals surface area contributed by atoms with E-state index >= 15 is 0 Å². The summed E-state index contributed by atoms with van der Waals surface area (Å²) < 4.78 is 20.7. The molecule has 0 bridgehead atoms. The fourth-order valence-corrected chi connectivity index (χ4v) is 1.35. The van der Waals surface area contributed by atoms with E-state index in [1.165, 1.54) is 0 Å². The highest BCUT2D eigenvalue weighted by Crippen LogP contribution is 1.98. The molecule has 0 aromatic rings. The standard InChI is InChI=1S/C5H12ClNO2S.ClH/c1-7(2)4-3-5-10(6,8)9;/h3-5H2,1-2H3;1H. The summed E-state index contributed by atoms with van der Waals surface area (Å²) in [5.41, 5.74) is 0. The third-order valence-electron chi connectivity index (χ3n) is 0.993. The first-order chi connectivity index (χ1) is 4.42. The van der Waals surface area contributed by atoms with E-state index < -0.39 is 9.05 Å². The Morgan fingerprint density at radius 2 is 1.82 bits per heavy atom. The fraction of sp³-hybridized carbons (Fsp3) is 1.00. The Hall–Kier alpha value is 0.490. The normalized spacial score (nSPS) is 11.3. The summed E-state index contributed by atoms with van der Waals surface area (Å²) in [6, 6.07) is 0. The van der Waals surface area contributed by atoms with E-state index in [1.807, 2.05) is 19.0 Å². The lowest BCUT2D eigenvalue weighted by atomic mass is 10.5. The van der Waals surface area contributed by atoms with Crippen LogP contribution in [0.15, 0.2) is 0 Å². The molecule has 0 spiro atoms. The average Bonchev–Trinajstić information content (AvgIpc) is 1.59. The van der Waals surface area contributed by atoms with Crippen molar-refractivity contribution in [1.82, 2.24) is 4.90 Å². The zero-order chi connectivity index (χ0) is 8.20. The van der Waals surface area contributed by atoms with Crippen molar-refractivity contribution in [2.45, 2.75) is 6.42 Å². The molecule has 0 radical (unpaired) electrons. The van der Waals surface area contributed by atoms with Gasteiger partial charge in [0.25, 0.3) is 0 Å². The van der Waals surface area contributed by atoms with Gasteiger partial charge >= 0.3 is 0 Å². The molecule has 0 unspecified atom stereocenters. The molecule has 0 aliphatic rings. The second kappa shape index (κ2) is 6.06. The van der Waals surface area contributed by atoms with Crippen molar-refractivity contribution >= 4 is 32.1 Å². The van der Waals surface area contributed by atoms with Crippen molar-refractivity contribution in [1.29, 1.82) is 0 Å². The number of nitrogens with zero attached hydrogens (tertiary/aromatic N) is 1. The van der Waals surface area contributed by atoms with Crippen molar-refractivity contribution in [3.05, 3.63) is 0 Å². The van der Waals surface area contributed by atoms with Gasteiger partial charge in [0.15, 0.2) is 0 Å². The van der Waals surface area contributed by atoms with Crippen LogP contribution in [0, 0.1) is 0 Å². The van der Waals surface area contributed by atoms with E-state index in [0.29, 0.717) is 6.42 Å². The summed E-state index contributed by atoms with van der Waals surface area (Å²) in [5.74, 6) is 0.0622. The highest BCUT2D eigenvalue weighted by molar-refractivity contribution is 8.13. The van der Waals surface area contributed by atoms with Crippen molar-refractivity contribution in [2.24, 2.45) is 0 Å². The number of hydrogen-bond donors (Lipinski definition) is 0. The SMILES string of the molecule is CN(C)CCCS(=O)(=O)Cl.Cl. The number of rotatable bonds is 4. The van der Waals surface area contributed by atoms with Crippen molar-refractivity contribution < 1.29 is 8.42 Å². The minimum Gasteiger partial charge on any atom is -0.309 e. The minimum absolute atomic E-state index is 0. The molecule has 0 atom stereocenters. The van der Waals surface area contributed by atoms with Crippen LogP contribution in [-0.2, 0) is 9.05 Å². The fourth-order valence-electron chi connectivity index (χ4n) is 0.553. The Bertz CT molecular complexity index is 179. The Balaban J connectivity index is 0. The van der Waals surface area contributed by atoms with Crippen LogP contribution in [0.25, 0.3) is 0 Å². The van der Waals surface area contributed by atoms with Crippen molar-refractivity contribution in [3.63, 3.8) is 0 Å². The van der Waals surface area contributed by atoms with Crippen LogP contribution in [-0.4, -0.2) is 39.7 Å². The summed E-state index contributed by atoms with van der Waals surface area (Å²) in [4.78, 5) is 1.92. The predicted molar refractivity (Wildman–Crippen MR) is 50.1 cm³/mol. The molecule has 0 heterocycles. The van der Waals surface area contributed by atoms with Gasteiger partial charge in [-0.05, 0) is 27.1 Å². The van der Waals surface area contributed by atoms with Crippen molar-refractivity contribution in [3.8, 4) is 0 Å². The largest absolute Gasteiger partial charge is 0.309 e. The quantitative estimate of drug-likeness (QED) is 0.664. The Kier molecular flexibility index (Phi) is 7.73. The maximum atomic E-state index is 10.4. The molecule has 0 aromatic carbocycles. The number of halogens is 2. The predicted octanol–water partition coefficient (Wildman–Crippen LogP) is 0.929. The third-order valence-corrected chi connectivity index (χ3v) is 2.23. The van der Waals surface area contributed by atoms with Crippen LogP contribution < -0.4 is 0 Å². The lowest BCUT2D eigenvalue weighted by Crippen LogP contribution is -2.15. The first kappa shape index (κ1) is 14.0. The second-order valence-corrected chi connectivity index (χ2v) is 5.30. The van der Waals surface area contributed by atoms with E-state index in [9.17, 15) is 8.42 Å².